The number of phenols is 1. The van der Waals surface area contributed by atoms with Crippen molar-refractivity contribution in [2.75, 3.05) is 19.9 Å². The van der Waals surface area contributed by atoms with E-state index in [0.717, 1.165) is 6.42 Å². The number of ether oxygens (including phenoxy) is 1. The van der Waals surface area contributed by atoms with Crippen molar-refractivity contribution >= 4 is 17.7 Å². The molecule has 0 bridgehead atoms. The zero-order chi connectivity index (χ0) is 13.5. The SMILES string of the molecule is COc1ccc(C(=O)NCCC(C)SC)cc1O. The number of aromatic hydroxyl groups is 1. The molecule has 0 fully saturated rings. The molecule has 0 radical (unpaired) electrons. The van der Waals surface area contributed by atoms with Gasteiger partial charge in [0, 0.05) is 17.4 Å². The van der Waals surface area contributed by atoms with E-state index >= 15 is 0 Å². The van der Waals surface area contributed by atoms with Crippen LogP contribution in [0.1, 0.15) is 23.7 Å². The lowest BCUT2D eigenvalue weighted by atomic mass is 10.2. The molecule has 100 valence electrons. The Balaban J connectivity index is 2.54. The first-order valence-electron chi connectivity index (χ1n) is 5.76. The average molecular weight is 269 g/mol. The fourth-order valence-electron chi connectivity index (χ4n) is 1.44. The van der Waals surface area contributed by atoms with E-state index in [1.807, 2.05) is 6.26 Å². The predicted molar refractivity (Wildman–Crippen MR) is 74.6 cm³/mol. The van der Waals surface area contributed by atoms with Crippen LogP contribution < -0.4 is 10.1 Å². The summed E-state index contributed by atoms with van der Waals surface area (Å²) in [7, 11) is 1.47. The van der Waals surface area contributed by atoms with Crippen molar-refractivity contribution in [3.05, 3.63) is 23.8 Å². The minimum absolute atomic E-state index is 0.0253. The molecule has 0 aromatic heterocycles. The minimum Gasteiger partial charge on any atom is -0.504 e. The van der Waals surface area contributed by atoms with Crippen LogP contribution >= 0.6 is 11.8 Å². The van der Waals surface area contributed by atoms with E-state index in [2.05, 4.69) is 12.2 Å². The number of carbonyl (C=O) groups excluding carboxylic acids is 1. The topological polar surface area (TPSA) is 58.6 Å². The fraction of sp³-hybridized carbons (Fsp3) is 0.462. The Morgan fingerprint density at radius 1 is 1.56 bits per heavy atom. The van der Waals surface area contributed by atoms with Gasteiger partial charge in [-0.1, -0.05) is 6.92 Å². The van der Waals surface area contributed by atoms with Gasteiger partial charge in [0.25, 0.3) is 5.91 Å². The van der Waals surface area contributed by atoms with Crippen LogP contribution in [0.5, 0.6) is 11.5 Å². The van der Waals surface area contributed by atoms with Gasteiger partial charge in [-0.15, -0.1) is 0 Å². The highest BCUT2D eigenvalue weighted by Crippen LogP contribution is 2.26. The molecule has 1 aromatic carbocycles. The first-order chi connectivity index (χ1) is 8.58. The monoisotopic (exact) mass is 269 g/mol. The third-order valence-corrected chi connectivity index (χ3v) is 3.72. The van der Waals surface area contributed by atoms with Gasteiger partial charge in [-0.2, -0.15) is 11.8 Å². The van der Waals surface area contributed by atoms with E-state index in [1.165, 1.54) is 13.2 Å². The maximum Gasteiger partial charge on any atom is 0.251 e. The maximum atomic E-state index is 11.8. The fourth-order valence-corrected chi connectivity index (χ4v) is 1.79. The van der Waals surface area contributed by atoms with E-state index in [9.17, 15) is 9.90 Å². The molecule has 0 saturated heterocycles. The van der Waals surface area contributed by atoms with Crippen LogP contribution in [0.2, 0.25) is 0 Å². The Kier molecular flexibility index (Phi) is 5.85. The molecule has 1 aromatic rings. The Morgan fingerprint density at radius 3 is 2.83 bits per heavy atom. The van der Waals surface area contributed by atoms with Gasteiger partial charge in [0.2, 0.25) is 0 Å². The van der Waals surface area contributed by atoms with Gasteiger partial charge in [0.15, 0.2) is 11.5 Å². The molecular weight excluding hydrogens is 250 g/mol. The molecule has 5 heteroatoms. The number of hydrogen-bond donors (Lipinski definition) is 2. The lowest BCUT2D eigenvalue weighted by Crippen LogP contribution is -2.25. The second-order valence-electron chi connectivity index (χ2n) is 3.98. The van der Waals surface area contributed by atoms with Crippen molar-refractivity contribution in [1.29, 1.82) is 0 Å². The van der Waals surface area contributed by atoms with Gasteiger partial charge in [-0.05, 0) is 30.9 Å². The summed E-state index contributed by atoms with van der Waals surface area (Å²) in [5.74, 6) is 0.159. The van der Waals surface area contributed by atoms with E-state index in [1.54, 1.807) is 23.9 Å². The van der Waals surface area contributed by atoms with Crippen molar-refractivity contribution in [2.24, 2.45) is 0 Å². The van der Waals surface area contributed by atoms with Gasteiger partial charge in [0.05, 0.1) is 7.11 Å². The highest BCUT2D eigenvalue weighted by molar-refractivity contribution is 7.99. The summed E-state index contributed by atoms with van der Waals surface area (Å²) >= 11 is 1.77. The zero-order valence-electron chi connectivity index (χ0n) is 10.9. The number of benzene rings is 1. The van der Waals surface area contributed by atoms with Gasteiger partial charge >= 0.3 is 0 Å². The number of rotatable bonds is 6. The molecule has 4 nitrogen and oxygen atoms in total. The Morgan fingerprint density at radius 2 is 2.28 bits per heavy atom. The molecule has 1 unspecified atom stereocenters. The molecule has 1 atom stereocenters. The number of methoxy groups -OCH3 is 1. The number of hydrogen-bond acceptors (Lipinski definition) is 4. The molecule has 1 amide bonds. The number of phenolic OH excluding ortho intramolecular Hbond substituents is 1. The van der Waals surface area contributed by atoms with Crippen LogP contribution in [0.15, 0.2) is 18.2 Å². The standard InChI is InChI=1S/C13H19NO3S/c1-9(18-3)6-7-14-13(16)10-4-5-12(17-2)11(15)8-10/h4-5,8-9,15H,6-7H2,1-3H3,(H,14,16). The molecule has 18 heavy (non-hydrogen) atoms. The average Bonchev–Trinajstić information content (AvgIpc) is 2.38. The van der Waals surface area contributed by atoms with Crippen LogP contribution in [-0.2, 0) is 0 Å². The van der Waals surface area contributed by atoms with E-state index < -0.39 is 0 Å². The number of nitrogens with one attached hydrogen (secondary N) is 1. The first-order valence-corrected chi connectivity index (χ1v) is 7.05. The largest absolute Gasteiger partial charge is 0.504 e. The van der Waals surface area contributed by atoms with Crippen molar-refractivity contribution < 1.29 is 14.6 Å². The summed E-state index contributed by atoms with van der Waals surface area (Å²) in [6, 6.07) is 4.62. The molecular formula is C13H19NO3S. The summed E-state index contributed by atoms with van der Waals surface area (Å²) in [6.07, 6.45) is 2.98. The maximum absolute atomic E-state index is 11.8. The normalized spacial score (nSPS) is 11.9. The third kappa shape index (κ3) is 4.14. The molecule has 0 aliphatic carbocycles. The van der Waals surface area contributed by atoms with Crippen LogP contribution in [0.3, 0.4) is 0 Å². The highest BCUT2D eigenvalue weighted by atomic mass is 32.2. The van der Waals surface area contributed by atoms with Crippen molar-refractivity contribution in [3.63, 3.8) is 0 Å². The van der Waals surface area contributed by atoms with Crippen LogP contribution in [-0.4, -0.2) is 36.2 Å². The summed E-state index contributed by atoms with van der Waals surface area (Å²) in [5.41, 5.74) is 0.435. The molecule has 2 N–H and O–H groups in total. The molecule has 0 aliphatic rings. The Hall–Kier alpha value is -1.36. The van der Waals surface area contributed by atoms with Crippen molar-refractivity contribution in [2.45, 2.75) is 18.6 Å². The smallest absolute Gasteiger partial charge is 0.251 e. The Bertz CT molecular complexity index is 409. The summed E-state index contributed by atoms with van der Waals surface area (Å²) in [5, 5.41) is 12.9. The quantitative estimate of drug-likeness (QED) is 0.832. The minimum atomic E-state index is -0.179. The summed E-state index contributed by atoms with van der Waals surface area (Å²) in [4.78, 5) is 11.8. The van der Waals surface area contributed by atoms with Crippen molar-refractivity contribution in [3.8, 4) is 11.5 Å². The number of amides is 1. The second-order valence-corrected chi connectivity index (χ2v) is 5.25. The van der Waals surface area contributed by atoms with Crippen LogP contribution in [0.25, 0.3) is 0 Å². The summed E-state index contributed by atoms with van der Waals surface area (Å²) < 4.78 is 4.92. The van der Waals surface area contributed by atoms with E-state index in [4.69, 9.17) is 4.74 Å². The molecule has 0 saturated carbocycles. The lowest BCUT2D eigenvalue weighted by molar-refractivity contribution is 0.0953. The predicted octanol–water partition coefficient (Wildman–Crippen LogP) is 2.27. The van der Waals surface area contributed by atoms with Gasteiger partial charge in [0.1, 0.15) is 0 Å². The molecule has 0 aliphatic heterocycles. The van der Waals surface area contributed by atoms with Gasteiger partial charge in [-0.3, -0.25) is 4.79 Å². The van der Waals surface area contributed by atoms with Gasteiger partial charge in [-0.25, -0.2) is 0 Å². The molecule has 1 rings (SSSR count). The van der Waals surface area contributed by atoms with Crippen LogP contribution in [0.4, 0.5) is 0 Å². The van der Waals surface area contributed by atoms with E-state index in [0.29, 0.717) is 23.1 Å². The second kappa shape index (κ2) is 7.16. The number of carbonyl (C=O) groups is 1. The highest BCUT2D eigenvalue weighted by Gasteiger charge is 2.09. The zero-order valence-corrected chi connectivity index (χ0v) is 11.7. The van der Waals surface area contributed by atoms with Crippen molar-refractivity contribution in [1.82, 2.24) is 5.32 Å². The van der Waals surface area contributed by atoms with E-state index in [-0.39, 0.29) is 11.7 Å². The molecule has 0 spiro atoms. The van der Waals surface area contributed by atoms with Gasteiger partial charge < -0.3 is 15.2 Å². The summed E-state index contributed by atoms with van der Waals surface area (Å²) in [6.45, 7) is 2.75. The first kappa shape index (κ1) is 14.7. The van der Waals surface area contributed by atoms with Crippen LogP contribution in [0, 0.1) is 0 Å². The number of thioether (sulfide) groups is 1. The Labute approximate surface area is 112 Å². The third-order valence-electron chi connectivity index (χ3n) is 2.68. The molecule has 0 heterocycles. The lowest BCUT2D eigenvalue weighted by Gasteiger charge is -2.10.